The van der Waals surface area contributed by atoms with Gasteiger partial charge >= 0.3 is 6.01 Å². The molecule has 0 aliphatic carbocycles. The normalized spacial score (nSPS) is 10.8. The van der Waals surface area contributed by atoms with E-state index in [9.17, 15) is 0 Å². The molecule has 0 unspecified atom stereocenters. The molecule has 2 aromatic heterocycles. The van der Waals surface area contributed by atoms with E-state index in [1.54, 1.807) is 18.4 Å². The Morgan fingerprint density at radius 3 is 2.83 bits per heavy atom. The highest BCUT2D eigenvalue weighted by Gasteiger charge is 2.09. The molecule has 0 atom stereocenters. The fraction of sp³-hybridized carbons (Fsp3) is 0.143. The summed E-state index contributed by atoms with van der Waals surface area (Å²) in [7, 11) is 1.59. The lowest BCUT2D eigenvalue weighted by atomic mass is 10.1. The van der Waals surface area contributed by atoms with Gasteiger partial charge in [-0.05, 0) is 19.1 Å². The molecule has 2 heterocycles. The highest BCUT2D eigenvalue weighted by atomic mass is 32.1. The number of hydrogen-bond donors (Lipinski definition) is 0. The van der Waals surface area contributed by atoms with Crippen LogP contribution in [0.2, 0.25) is 0 Å². The third-order valence-electron chi connectivity index (χ3n) is 2.77. The molecule has 0 amide bonds. The van der Waals surface area contributed by atoms with Crippen LogP contribution < -0.4 is 4.74 Å². The van der Waals surface area contributed by atoms with Gasteiger partial charge in [-0.15, -0.1) is 11.3 Å². The lowest BCUT2D eigenvalue weighted by Gasteiger charge is -2.03. The SMILES string of the molecule is COc1nc(C)cc(-c2csc3ccccc23)n1. The number of aromatic nitrogens is 2. The van der Waals surface area contributed by atoms with E-state index in [1.165, 1.54) is 10.1 Å². The van der Waals surface area contributed by atoms with Crippen LogP contribution in [0.3, 0.4) is 0 Å². The van der Waals surface area contributed by atoms with Crippen LogP contribution in [-0.2, 0) is 0 Å². The summed E-state index contributed by atoms with van der Waals surface area (Å²) in [5.74, 6) is 0. The Labute approximate surface area is 109 Å². The second kappa shape index (κ2) is 4.38. The number of benzene rings is 1. The van der Waals surface area contributed by atoms with E-state index in [0.29, 0.717) is 6.01 Å². The molecule has 3 rings (SSSR count). The van der Waals surface area contributed by atoms with Gasteiger partial charge in [0.25, 0.3) is 0 Å². The van der Waals surface area contributed by atoms with Crippen LogP contribution in [-0.4, -0.2) is 17.1 Å². The summed E-state index contributed by atoms with van der Waals surface area (Å²) in [6.07, 6.45) is 0. The summed E-state index contributed by atoms with van der Waals surface area (Å²) in [5.41, 5.74) is 2.96. The smallest absolute Gasteiger partial charge is 0.316 e. The topological polar surface area (TPSA) is 35.0 Å². The highest BCUT2D eigenvalue weighted by molar-refractivity contribution is 7.17. The van der Waals surface area contributed by atoms with Crippen molar-refractivity contribution in [3.63, 3.8) is 0 Å². The zero-order valence-electron chi connectivity index (χ0n) is 10.2. The largest absolute Gasteiger partial charge is 0.467 e. The van der Waals surface area contributed by atoms with Gasteiger partial charge in [0.05, 0.1) is 12.8 Å². The lowest BCUT2D eigenvalue weighted by molar-refractivity contribution is 0.379. The van der Waals surface area contributed by atoms with Crippen LogP contribution in [0.25, 0.3) is 21.3 Å². The first-order chi connectivity index (χ1) is 8.78. The molecule has 1 aromatic carbocycles. The van der Waals surface area contributed by atoms with Crippen molar-refractivity contribution >= 4 is 21.4 Å². The van der Waals surface area contributed by atoms with Gasteiger partial charge < -0.3 is 4.74 Å². The first-order valence-electron chi connectivity index (χ1n) is 5.64. The number of hydrogen-bond acceptors (Lipinski definition) is 4. The summed E-state index contributed by atoms with van der Waals surface area (Å²) in [4.78, 5) is 8.63. The predicted molar refractivity (Wildman–Crippen MR) is 74.1 cm³/mol. The van der Waals surface area contributed by atoms with Gasteiger partial charge in [-0.2, -0.15) is 4.98 Å². The van der Waals surface area contributed by atoms with Crippen molar-refractivity contribution in [3.8, 4) is 17.3 Å². The maximum atomic E-state index is 5.13. The number of thiophene rings is 1. The average Bonchev–Trinajstić information content (AvgIpc) is 2.81. The molecule has 18 heavy (non-hydrogen) atoms. The number of ether oxygens (including phenoxy) is 1. The van der Waals surface area contributed by atoms with E-state index in [2.05, 4.69) is 33.5 Å². The Balaban J connectivity index is 2.22. The van der Waals surface area contributed by atoms with Gasteiger partial charge in [0.15, 0.2) is 0 Å². The summed E-state index contributed by atoms with van der Waals surface area (Å²) < 4.78 is 6.39. The Morgan fingerprint density at radius 1 is 1.17 bits per heavy atom. The van der Waals surface area contributed by atoms with Crippen LogP contribution >= 0.6 is 11.3 Å². The maximum absolute atomic E-state index is 5.13. The van der Waals surface area contributed by atoms with Crippen molar-refractivity contribution in [2.75, 3.05) is 7.11 Å². The van der Waals surface area contributed by atoms with Gasteiger partial charge in [0.1, 0.15) is 0 Å². The predicted octanol–water partition coefficient (Wildman–Crippen LogP) is 3.68. The van der Waals surface area contributed by atoms with E-state index in [0.717, 1.165) is 17.0 Å². The standard InChI is InChI=1S/C14H12N2OS/c1-9-7-12(16-14(15-9)17-2)11-8-18-13-6-4-3-5-10(11)13/h3-8H,1-2H3. The molecule has 4 heteroatoms. The molecular weight excluding hydrogens is 244 g/mol. The van der Waals surface area contributed by atoms with Gasteiger partial charge in [0.2, 0.25) is 0 Å². The van der Waals surface area contributed by atoms with E-state index in [-0.39, 0.29) is 0 Å². The number of rotatable bonds is 2. The molecule has 0 bridgehead atoms. The Kier molecular flexibility index (Phi) is 2.72. The lowest BCUT2D eigenvalue weighted by Crippen LogP contribution is -1.95. The monoisotopic (exact) mass is 256 g/mol. The highest BCUT2D eigenvalue weighted by Crippen LogP contribution is 2.33. The minimum Gasteiger partial charge on any atom is -0.467 e. The number of aryl methyl sites for hydroxylation is 1. The van der Waals surface area contributed by atoms with Crippen molar-refractivity contribution in [1.29, 1.82) is 0 Å². The molecule has 0 radical (unpaired) electrons. The number of fused-ring (bicyclic) bond motifs is 1. The first-order valence-corrected chi connectivity index (χ1v) is 6.52. The van der Waals surface area contributed by atoms with Gasteiger partial charge in [-0.25, -0.2) is 4.98 Å². The molecule has 3 aromatic rings. The second-order valence-corrected chi connectivity index (χ2v) is 4.94. The molecule has 0 aliphatic rings. The van der Waals surface area contributed by atoms with Crippen molar-refractivity contribution in [2.45, 2.75) is 6.92 Å². The third kappa shape index (κ3) is 1.84. The van der Waals surface area contributed by atoms with Gasteiger partial charge in [-0.1, -0.05) is 18.2 Å². The molecule has 0 saturated heterocycles. The molecule has 0 fully saturated rings. The third-order valence-corrected chi connectivity index (χ3v) is 3.74. The zero-order valence-corrected chi connectivity index (χ0v) is 11.0. The van der Waals surface area contributed by atoms with Crippen molar-refractivity contribution in [3.05, 3.63) is 41.4 Å². The minimum atomic E-state index is 0.417. The minimum absolute atomic E-state index is 0.417. The molecule has 0 N–H and O–H groups in total. The summed E-state index contributed by atoms with van der Waals surface area (Å²) >= 11 is 1.73. The van der Waals surface area contributed by atoms with Gasteiger partial charge in [0, 0.05) is 26.7 Å². The van der Waals surface area contributed by atoms with Crippen LogP contribution in [0.5, 0.6) is 6.01 Å². The van der Waals surface area contributed by atoms with Crippen LogP contribution in [0, 0.1) is 6.92 Å². The second-order valence-electron chi connectivity index (χ2n) is 4.03. The molecular formula is C14H12N2OS. The average molecular weight is 256 g/mol. The molecule has 90 valence electrons. The van der Waals surface area contributed by atoms with Crippen molar-refractivity contribution < 1.29 is 4.74 Å². The Hall–Kier alpha value is -1.94. The molecule has 3 nitrogen and oxygen atoms in total. The van der Waals surface area contributed by atoms with E-state index < -0.39 is 0 Å². The zero-order chi connectivity index (χ0) is 12.5. The van der Waals surface area contributed by atoms with Crippen LogP contribution in [0.1, 0.15) is 5.69 Å². The Bertz CT molecular complexity index is 706. The summed E-state index contributed by atoms with van der Waals surface area (Å²) in [6, 6.07) is 10.7. The fourth-order valence-electron chi connectivity index (χ4n) is 1.95. The van der Waals surface area contributed by atoms with E-state index in [1.807, 2.05) is 19.1 Å². The van der Waals surface area contributed by atoms with Crippen molar-refractivity contribution in [2.24, 2.45) is 0 Å². The fourth-order valence-corrected chi connectivity index (χ4v) is 2.90. The Morgan fingerprint density at radius 2 is 2.00 bits per heavy atom. The van der Waals surface area contributed by atoms with Crippen LogP contribution in [0.4, 0.5) is 0 Å². The van der Waals surface area contributed by atoms with Crippen molar-refractivity contribution in [1.82, 2.24) is 9.97 Å². The van der Waals surface area contributed by atoms with Gasteiger partial charge in [-0.3, -0.25) is 0 Å². The quantitative estimate of drug-likeness (QED) is 0.701. The summed E-state index contributed by atoms with van der Waals surface area (Å²) in [5, 5.41) is 3.36. The van der Waals surface area contributed by atoms with Crippen LogP contribution in [0.15, 0.2) is 35.7 Å². The summed E-state index contributed by atoms with van der Waals surface area (Å²) in [6.45, 7) is 1.95. The molecule has 0 aliphatic heterocycles. The number of nitrogens with zero attached hydrogens (tertiary/aromatic N) is 2. The van der Waals surface area contributed by atoms with E-state index in [4.69, 9.17) is 4.74 Å². The first kappa shape index (κ1) is 11.2. The number of methoxy groups -OCH3 is 1. The van der Waals surface area contributed by atoms with E-state index >= 15 is 0 Å². The maximum Gasteiger partial charge on any atom is 0.316 e. The molecule has 0 saturated carbocycles. The molecule has 0 spiro atoms.